The molecule has 1 aliphatic carbocycles. The topological polar surface area (TPSA) is 0 Å². The van der Waals surface area contributed by atoms with E-state index in [0.29, 0.717) is 11.5 Å². The van der Waals surface area contributed by atoms with Crippen molar-refractivity contribution < 1.29 is 4.39 Å². The van der Waals surface area contributed by atoms with Crippen LogP contribution < -0.4 is 0 Å². The maximum Gasteiger partial charge on any atom is 0.138 e. The number of aryl methyl sites for hydroxylation is 1. The molecular weight excluding hydrogens is 163 g/mol. The molecule has 0 aromatic heterocycles. The van der Waals surface area contributed by atoms with Gasteiger partial charge in [0.15, 0.2) is 0 Å². The third kappa shape index (κ3) is 2.09. The summed E-state index contributed by atoms with van der Waals surface area (Å²) in [7, 11) is 0. The lowest BCUT2D eigenvalue weighted by atomic mass is 10.1. The van der Waals surface area contributed by atoms with Crippen molar-refractivity contribution in [1.82, 2.24) is 0 Å². The summed E-state index contributed by atoms with van der Waals surface area (Å²) in [6.07, 6.45) is 2.36. The van der Waals surface area contributed by atoms with Gasteiger partial charge in [-0.25, -0.2) is 4.39 Å². The molecule has 1 heteroatoms. The van der Waals surface area contributed by atoms with E-state index in [9.17, 15) is 4.39 Å². The Morgan fingerprint density at radius 3 is 2.85 bits per heavy atom. The average Bonchev–Trinajstić information content (AvgIpc) is 2.90. The Bertz CT molecular complexity index is 378. The molecule has 0 unspecified atom stereocenters. The van der Waals surface area contributed by atoms with Gasteiger partial charge in [-0.2, -0.15) is 0 Å². The molecule has 1 aliphatic rings. The minimum absolute atomic E-state index is 0.209. The summed E-state index contributed by atoms with van der Waals surface area (Å²) in [6.45, 7) is 1.95. The Morgan fingerprint density at radius 1 is 1.38 bits per heavy atom. The summed E-state index contributed by atoms with van der Waals surface area (Å²) in [5.41, 5.74) is 1.59. The minimum Gasteiger partial charge on any atom is -0.206 e. The first-order valence-electron chi connectivity index (χ1n) is 4.53. The molecule has 0 N–H and O–H groups in total. The molecule has 0 radical (unpaired) electrons. The monoisotopic (exact) mass is 174 g/mol. The van der Waals surface area contributed by atoms with E-state index in [1.165, 1.54) is 18.9 Å². The third-order valence-corrected chi connectivity index (χ3v) is 2.11. The van der Waals surface area contributed by atoms with Crippen molar-refractivity contribution in [3.63, 3.8) is 0 Å². The lowest BCUT2D eigenvalue weighted by Crippen LogP contribution is -1.84. The van der Waals surface area contributed by atoms with Crippen LogP contribution in [0, 0.1) is 30.5 Å². The molecule has 0 amide bonds. The zero-order chi connectivity index (χ0) is 9.26. The summed E-state index contributed by atoms with van der Waals surface area (Å²) in [5.74, 6) is 6.26. The van der Waals surface area contributed by atoms with Crippen molar-refractivity contribution in [3.05, 3.63) is 35.1 Å². The van der Waals surface area contributed by atoms with Gasteiger partial charge in [0.2, 0.25) is 0 Å². The van der Waals surface area contributed by atoms with Crippen molar-refractivity contribution >= 4 is 0 Å². The highest BCUT2D eigenvalue weighted by atomic mass is 19.1. The van der Waals surface area contributed by atoms with Crippen molar-refractivity contribution in [2.75, 3.05) is 0 Å². The van der Waals surface area contributed by atoms with Gasteiger partial charge < -0.3 is 0 Å². The lowest BCUT2D eigenvalue weighted by molar-refractivity contribution is 0.624. The molecule has 0 bridgehead atoms. The third-order valence-electron chi connectivity index (χ3n) is 2.11. The SMILES string of the molecule is Cc1ccc(F)c(C#CC2CC2)c1. The van der Waals surface area contributed by atoms with E-state index in [2.05, 4.69) is 11.8 Å². The second-order valence-corrected chi connectivity index (χ2v) is 3.53. The smallest absolute Gasteiger partial charge is 0.138 e. The first kappa shape index (κ1) is 8.31. The molecule has 0 spiro atoms. The van der Waals surface area contributed by atoms with E-state index in [1.807, 2.05) is 6.92 Å². The Hall–Kier alpha value is -1.29. The number of benzene rings is 1. The summed E-state index contributed by atoms with van der Waals surface area (Å²) in [5, 5.41) is 0. The fourth-order valence-electron chi connectivity index (χ4n) is 1.14. The molecule has 0 aliphatic heterocycles. The Morgan fingerprint density at radius 2 is 2.15 bits per heavy atom. The standard InChI is InChI=1S/C12H11F/c1-9-2-7-12(13)11(8-9)6-5-10-3-4-10/h2,7-8,10H,3-4H2,1H3. The zero-order valence-electron chi connectivity index (χ0n) is 7.60. The molecular formula is C12H11F. The van der Waals surface area contributed by atoms with E-state index in [-0.39, 0.29) is 5.82 Å². The molecule has 0 heterocycles. The van der Waals surface area contributed by atoms with Crippen LogP contribution in [0.25, 0.3) is 0 Å². The van der Waals surface area contributed by atoms with Crippen LogP contribution in [0.1, 0.15) is 24.0 Å². The molecule has 1 fully saturated rings. The predicted octanol–water partition coefficient (Wildman–Crippen LogP) is 2.90. The molecule has 13 heavy (non-hydrogen) atoms. The minimum atomic E-state index is -0.209. The van der Waals surface area contributed by atoms with Crippen molar-refractivity contribution in [2.24, 2.45) is 5.92 Å². The summed E-state index contributed by atoms with van der Waals surface area (Å²) < 4.78 is 13.1. The molecule has 2 rings (SSSR count). The largest absolute Gasteiger partial charge is 0.206 e. The number of hydrogen-bond acceptors (Lipinski definition) is 0. The van der Waals surface area contributed by atoms with Crippen LogP contribution in [-0.2, 0) is 0 Å². The highest BCUT2D eigenvalue weighted by molar-refractivity contribution is 5.38. The highest BCUT2D eigenvalue weighted by Gasteiger charge is 2.17. The van der Waals surface area contributed by atoms with Crippen LogP contribution >= 0.6 is 0 Å². The van der Waals surface area contributed by atoms with Crippen LogP contribution in [0.4, 0.5) is 4.39 Å². The van der Waals surface area contributed by atoms with Gasteiger partial charge in [-0.15, -0.1) is 0 Å². The van der Waals surface area contributed by atoms with E-state index in [0.717, 1.165) is 5.56 Å². The Labute approximate surface area is 77.8 Å². The zero-order valence-corrected chi connectivity index (χ0v) is 7.60. The quantitative estimate of drug-likeness (QED) is 0.530. The summed E-state index contributed by atoms with van der Waals surface area (Å²) >= 11 is 0. The van der Waals surface area contributed by atoms with Crippen LogP contribution in [0.15, 0.2) is 18.2 Å². The second-order valence-electron chi connectivity index (χ2n) is 3.53. The van der Waals surface area contributed by atoms with E-state index >= 15 is 0 Å². The van der Waals surface area contributed by atoms with Gasteiger partial charge in [-0.3, -0.25) is 0 Å². The highest BCUT2D eigenvalue weighted by Crippen LogP contribution is 2.27. The van der Waals surface area contributed by atoms with E-state index in [4.69, 9.17) is 0 Å². The first-order valence-corrected chi connectivity index (χ1v) is 4.53. The predicted molar refractivity (Wildman–Crippen MR) is 50.7 cm³/mol. The normalized spacial score (nSPS) is 14.9. The molecule has 0 atom stereocenters. The maximum absolute atomic E-state index is 13.1. The summed E-state index contributed by atoms with van der Waals surface area (Å²) in [6, 6.07) is 5.04. The fourth-order valence-corrected chi connectivity index (χ4v) is 1.14. The van der Waals surface area contributed by atoms with Gasteiger partial charge in [0.05, 0.1) is 5.56 Å². The van der Waals surface area contributed by atoms with Crippen LogP contribution in [-0.4, -0.2) is 0 Å². The molecule has 1 saturated carbocycles. The van der Waals surface area contributed by atoms with Crippen molar-refractivity contribution in [2.45, 2.75) is 19.8 Å². The summed E-state index contributed by atoms with van der Waals surface area (Å²) in [4.78, 5) is 0. The Balaban J connectivity index is 2.28. The van der Waals surface area contributed by atoms with E-state index < -0.39 is 0 Å². The second kappa shape index (κ2) is 3.22. The average molecular weight is 174 g/mol. The lowest BCUT2D eigenvalue weighted by Gasteiger charge is -1.95. The molecule has 0 saturated heterocycles. The van der Waals surface area contributed by atoms with Gasteiger partial charge in [0, 0.05) is 5.92 Å². The first-order chi connectivity index (χ1) is 6.25. The van der Waals surface area contributed by atoms with Crippen LogP contribution in [0.2, 0.25) is 0 Å². The number of hydrogen-bond donors (Lipinski definition) is 0. The molecule has 66 valence electrons. The van der Waals surface area contributed by atoms with Gasteiger partial charge in [-0.1, -0.05) is 17.9 Å². The van der Waals surface area contributed by atoms with Crippen molar-refractivity contribution in [1.29, 1.82) is 0 Å². The maximum atomic E-state index is 13.1. The Kier molecular flexibility index (Phi) is 2.06. The molecule has 1 aromatic rings. The number of halogens is 1. The van der Waals surface area contributed by atoms with Gasteiger partial charge in [-0.05, 0) is 37.5 Å². The van der Waals surface area contributed by atoms with E-state index in [1.54, 1.807) is 12.1 Å². The number of rotatable bonds is 0. The van der Waals surface area contributed by atoms with Gasteiger partial charge >= 0.3 is 0 Å². The van der Waals surface area contributed by atoms with Gasteiger partial charge in [0.25, 0.3) is 0 Å². The van der Waals surface area contributed by atoms with Crippen LogP contribution in [0.5, 0.6) is 0 Å². The molecule has 1 aromatic carbocycles. The molecule has 0 nitrogen and oxygen atoms in total. The van der Waals surface area contributed by atoms with Crippen molar-refractivity contribution in [3.8, 4) is 11.8 Å². The van der Waals surface area contributed by atoms with Gasteiger partial charge in [0.1, 0.15) is 5.82 Å². The van der Waals surface area contributed by atoms with Crippen LogP contribution in [0.3, 0.4) is 0 Å². The fraction of sp³-hybridized carbons (Fsp3) is 0.333.